The SMILES string of the molecule is CC(C)(C(=O)N1CCN(C(=O)[C@@H]2CCCN(c3cnccn3)C2)CC1)c1ccccc1. The highest BCUT2D eigenvalue weighted by Crippen LogP contribution is 2.27. The fourth-order valence-corrected chi connectivity index (χ4v) is 4.60. The molecule has 31 heavy (non-hydrogen) atoms. The van der Waals surface area contributed by atoms with Crippen molar-refractivity contribution in [3.63, 3.8) is 0 Å². The largest absolute Gasteiger partial charge is 0.355 e. The number of piperidine rings is 1. The van der Waals surface area contributed by atoms with Crippen LogP contribution in [-0.2, 0) is 15.0 Å². The first kappa shape index (κ1) is 21.3. The molecule has 1 aromatic carbocycles. The molecular formula is C24H31N5O2. The van der Waals surface area contributed by atoms with E-state index in [9.17, 15) is 9.59 Å². The van der Waals surface area contributed by atoms with Gasteiger partial charge in [0.2, 0.25) is 11.8 Å². The third-order valence-corrected chi connectivity index (χ3v) is 6.55. The third kappa shape index (κ3) is 4.55. The number of rotatable bonds is 4. The van der Waals surface area contributed by atoms with Crippen molar-refractivity contribution in [3.05, 3.63) is 54.5 Å². The summed E-state index contributed by atoms with van der Waals surface area (Å²) in [6.07, 6.45) is 6.97. The maximum absolute atomic E-state index is 13.2. The zero-order valence-corrected chi connectivity index (χ0v) is 18.4. The van der Waals surface area contributed by atoms with E-state index in [0.29, 0.717) is 32.7 Å². The van der Waals surface area contributed by atoms with Gasteiger partial charge in [-0.1, -0.05) is 30.3 Å². The number of benzene rings is 1. The van der Waals surface area contributed by atoms with Gasteiger partial charge >= 0.3 is 0 Å². The number of aromatic nitrogens is 2. The first-order valence-corrected chi connectivity index (χ1v) is 11.1. The fourth-order valence-electron chi connectivity index (χ4n) is 4.60. The zero-order valence-electron chi connectivity index (χ0n) is 18.4. The lowest BCUT2D eigenvalue weighted by molar-refractivity contribution is -0.144. The normalized spacial score (nSPS) is 19.9. The molecule has 0 aliphatic carbocycles. The van der Waals surface area contributed by atoms with Gasteiger partial charge in [-0.05, 0) is 32.3 Å². The average molecular weight is 422 g/mol. The number of carbonyl (C=O) groups is 2. The molecule has 164 valence electrons. The highest BCUT2D eigenvalue weighted by molar-refractivity contribution is 5.88. The lowest BCUT2D eigenvalue weighted by Crippen LogP contribution is -2.56. The number of nitrogens with zero attached hydrogens (tertiary/aromatic N) is 5. The van der Waals surface area contributed by atoms with E-state index in [4.69, 9.17) is 0 Å². The van der Waals surface area contributed by atoms with Crippen LogP contribution in [-0.4, -0.2) is 70.9 Å². The van der Waals surface area contributed by atoms with Crippen LogP contribution in [0.2, 0.25) is 0 Å². The van der Waals surface area contributed by atoms with Crippen molar-refractivity contribution in [2.24, 2.45) is 5.92 Å². The highest BCUT2D eigenvalue weighted by Gasteiger charge is 2.37. The molecule has 2 saturated heterocycles. The standard InChI is InChI=1S/C24H31N5O2/c1-24(2,20-8-4-3-5-9-20)23(31)28-15-13-27(14-16-28)22(30)19-7-6-12-29(18-19)21-17-25-10-11-26-21/h3-5,8-11,17,19H,6-7,12-16,18H2,1-2H3/t19-/m1/s1. The Morgan fingerprint density at radius 2 is 1.68 bits per heavy atom. The van der Waals surface area contributed by atoms with Crippen molar-refractivity contribution in [1.29, 1.82) is 0 Å². The van der Waals surface area contributed by atoms with Crippen LogP contribution in [0.1, 0.15) is 32.3 Å². The van der Waals surface area contributed by atoms with Gasteiger partial charge in [-0.25, -0.2) is 4.98 Å². The molecule has 1 aromatic heterocycles. The van der Waals surface area contributed by atoms with Crippen molar-refractivity contribution in [3.8, 4) is 0 Å². The maximum atomic E-state index is 13.2. The summed E-state index contributed by atoms with van der Waals surface area (Å²) in [5, 5.41) is 0. The zero-order chi connectivity index (χ0) is 21.8. The van der Waals surface area contributed by atoms with E-state index in [1.54, 1.807) is 18.6 Å². The third-order valence-electron chi connectivity index (χ3n) is 6.55. The quantitative estimate of drug-likeness (QED) is 0.758. The molecule has 2 amide bonds. The summed E-state index contributed by atoms with van der Waals surface area (Å²) in [7, 11) is 0. The number of hydrogen-bond acceptors (Lipinski definition) is 5. The molecule has 3 heterocycles. The molecule has 2 aliphatic heterocycles. The molecule has 7 heteroatoms. The molecule has 0 N–H and O–H groups in total. The van der Waals surface area contributed by atoms with Crippen LogP contribution in [0.3, 0.4) is 0 Å². The molecule has 0 radical (unpaired) electrons. The number of amides is 2. The van der Waals surface area contributed by atoms with Crippen LogP contribution in [0.4, 0.5) is 5.82 Å². The molecule has 0 saturated carbocycles. The van der Waals surface area contributed by atoms with Crippen LogP contribution < -0.4 is 4.90 Å². The predicted octanol–water partition coefficient (Wildman–Crippen LogP) is 2.34. The first-order chi connectivity index (χ1) is 15.0. The minimum Gasteiger partial charge on any atom is -0.355 e. The smallest absolute Gasteiger partial charge is 0.232 e. The van der Waals surface area contributed by atoms with E-state index in [-0.39, 0.29) is 17.7 Å². The number of piperazine rings is 1. The Balaban J connectivity index is 1.34. The van der Waals surface area contributed by atoms with Gasteiger partial charge in [-0.15, -0.1) is 0 Å². The molecule has 4 rings (SSSR count). The average Bonchev–Trinajstić information content (AvgIpc) is 2.84. The second kappa shape index (κ2) is 9.04. The molecule has 7 nitrogen and oxygen atoms in total. The molecule has 0 unspecified atom stereocenters. The van der Waals surface area contributed by atoms with Crippen molar-refractivity contribution in [1.82, 2.24) is 19.8 Å². The Morgan fingerprint density at radius 3 is 2.35 bits per heavy atom. The van der Waals surface area contributed by atoms with Crippen molar-refractivity contribution in [2.45, 2.75) is 32.1 Å². The summed E-state index contributed by atoms with van der Waals surface area (Å²) >= 11 is 0. The summed E-state index contributed by atoms with van der Waals surface area (Å²) in [4.78, 5) is 40.9. The van der Waals surface area contributed by atoms with E-state index >= 15 is 0 Å². The van der Waals surface area contributed by atoms with E-state index in [1.807, 2.05) is 54.0 Å². The van der Waals surface area contributed by atoms with Crippen LogP contribution in [0.25, 0.3) is 0 Å². The van der Waals surface area contributed by atoms with E-state index in [0.717, 1.165) is 30.8 Å². The molecule has 2 fully saturated rings. The lowest BCUT2D eigenvalue weighted by atomic mass is 9.83. The number of anilines is 1. The minimum atomic E-state index is -0.575. The molecule has 2 aliphatic rings. The Morgan fingerprint density at radius 1 is 0.968 bits per heavy atom. The Hall–Kier alpha value is -2.96. The second-order valence-electron chi connectivity index (χ2n) is 8.96. The predicted molar refractivity (Wildman–Crippen MR) is 120 cm³/mol. The lowest BCUT2D eigenvalue weighted by Gasteiger charge is -2.41. The van der Waals surface area contributed by atoms with Crippen molar-refractivity contribution in [2.75, 3.05) is 44.2 Å². The highest BCUT2D eigenvalue weighted by atomic mass is 16.2. The summed E-state index contributed by atoms with van der Waals surface area (Å²) < 4.78 is 0. The van der Waals surface area contributed by atoms with Gasteiger partial charge < -0.3 is 14.7 Å². The Labute approximate surface area is 184 Å². The van der Waals surface area contributed by atoms with Crippen molar-refractivity contribution < 1.29 is 9.59 Å². The van der Waals surface area contributed by atoms with Crippen LogP contribution in [0.5, 0.6) is 0 Å². The van der Waals surface area contributed by atoms with Gasteiger partial charge in [0, 0.05) is 51.7 Å². The number of hydrogen-bond donors (Lipinski definition) is 0. The summed E-state index contributed by atoms with van der Waals surface area (Å²) in [6, 6.07) is 9.91. The first-order valence-electron chi connectivity index (χ1n) is 11.1. The topological polar surface area (TPSA) is 69.6 Å². The van der Waals surface area contributed by atoms with Crippen molar-refractivity contribution >= 4 is 17.6 Å². The molecule has 0 bridgehead atoms. The fraction of sp³-hybridized carbons (Fsp3) is 0.500. The summed E-state index contributed by atoms with van der Waals surface area (Å²) in [6.45, 7) is 7.89. The van der Waals surface area contributed by atoms with Gasteiger partial charge in [0.05, 0.1) is 17.5 Å². The second-order valence-corrected chi connectivity index (χ2v) is 8.96. The monoisotopic (exact) mass is 421 g/mol. The van der Waals surface area contributed by atoms with Gasteiger partial charge in [-0.3, -0.25) is 14.6 Å². The van der Waals surface area contributed by atoms with Gasteiger partial charge in [0.15, 0.2) is 0 Å². The van der Waals surface area contributed by atoms with Crippen LogP contribution in [0.15, 0.2) is 48.9 Å². The number of carbonyl (C=O) groups excluding carboxylic acids is 2. The minimum absolute atomic E-state index is 0.0289. The van der Waals surface area contributed by atoms with E-state index in [1.165, 1.54) is 0 Å². The Kier molecular flexibility index (Phi) is 6.20. The van der Waals surface area contributed by atoms with E-state index < -0.39 is 5.41 Å². The summed E-state index contributed by atoms with van der Waals surface area (Å²) in [5.41, 5.74) is 0.443. The van der Waals surface area contributed by atoms with Crippen LogP contribution >= 0.6 is 0 Å². The molecule has 2 aromatic rings. The molecule has 1 atom stereocenters. The van der Waals surface area contributed by atoms with Crippen LogP contribution in [0, 0.1) is 5.92 Å². The van der Waals surface area contributed by atoms with Gasteiger partial charge in [-0.2, -0.15) is 0 Å². The summed E-state index contributed by atoms with van der Waals surface area (Å²) in [5.74, 6) is 1.12. The molecular weight excluding hydrogens is 390 g/mol. The van der Waals surface area contributed by atoms with Gasteiger partial charge in [0.25, 0.3) is 0 Å². The Bertz CT molecular complexity index is 895. The molecule has 0 spiro atoms. The van der Waals surface area contributed by atoms with Gasteiger partial charge in [0.1, 0.15) is 5.82 Å². The van der Waals surface area contributed by atoms with E-state index in [2.05, 4.69) is 14.9 Å². The maximum Gasteiger partial charge on any atom is 0.232 e.